The van der Waals surface area contributed by atoms with Gasteiger partial charge in [-0.2, -0.15) is 0 Å². The standard InChI is InChI=1S/C11H11ClN4O2/c1-3-18-11(17)10-14-5-8(16-10)9-7(12)4-13-6(2)15-9/h4-5H,3H2,1-2H3,(H,14,16). The van der Waals surface area contributed by atoms with Crippen molar-refractivity contribution in [2.75, 3.05) is 6.61 Å². The van der Waals surface area contributed by atoms with Gasteiger partial charge in [-0.1, -0.05) is 11.6 Å². The van der Waals surface area contributed by atoms with E-state index in [1.807, 2.05) is 0 Å². The van der Waals surface area contributed by atoms with Gasteiger partial charge in [-0.05, 0) is 13.8 Å². The Morgan fingerprint density at radius 2 is 2.22 bits per heavy atom. The average molecular weight is 267 g/mol. The lowest BCUT2D eigenvalue weighted by molar-refractivity contribution is 0.0513. The molecule has 1 N–H and O–H groups in total. The summed E-state index contributed by atoms with van der Waals surface area (Å²) in [6, 6.07) is 0. The van der Waals surface area contributed by atoms with E-state index in [9.17, 15) is 4.79 Å². The molecule has 94 valence electrons. The van der Waals surface area contributed by atoms with Crippen molar-refractivity contribution in [1.82, 2.24) is 19.9 Å². The van der Waals surface area contributed by atoms with Crippen LogP contribution in [0.2, 0.25) is 5.02 Å². The third kappa shape index (κ3) is 2.48. The van der Waals surface area contributed by atoms with Gasteiger partial charge in [0.2, 0.25) is 5.82 Å². The number of aromatic amines is 1. The first-order chi connectivity index (χ1) is 8.61. The number of esters is 1. The monoisotopic (exact) mass is 266 g/mol. The molecule has 0 atom stereocenters. The Bertz CT molecular complexity index is 582. The van der Waals surface area contributed by atoms with Gasteiger partial charge in [0, 0.05) is 6.20 Å². The smallest absolute Gasteiger partial charge is 0.374 e. The average Bonchev–Trinajstić information content (AvgIpc) is 2.82. The third-order valence-electron chi connectivity index (χ3n) is 2.16. The predicted molar refractivity (Wildman–Crippen MR) is 65.3 cm³/mol. The van der Waals surface area contributed by atoms with E-state index < -0.39 is 5.97 Å². The maximum absolute atomic E-state index is 11.5. The highest BCUT2D eigenvalue weighted by molar-refractivity contribution is 6.32. The molecule has 0 radical (unpaired) electrons. The van der Waals surface area contributed by atoms with Crippen molar-refractivity contribution >= 4 is 17.6 Å². The number of carbonyl (C=O) groups is 1. The number of hydrogen-bond donors (Lipinski definition) is 1. The number of imidazole rings is 1. The molecule has 0 aromatic carbocycles. The molecule has 0 fully saturated rings. The Labute approximate surface area is 108 Å². The van der Waals surface area contributed by atoms with Crippen LogP contribution in [0.4, 0.5) is 0 Å². The third-order valence-corrected chi connectivity index (χ3v) is 2.44. The number of rotatable bonds is 3. The molecule has 0 unspecified atom stereocenters. The van der Waals surface area contributed by atoms with Crippen molar-refractivity contribution in [3.8, 4) is 11.4 Å². The summed E-state index contributed by atoms with van der Waals surface area (Å²) in [6.45, 7) is 3.77. The van der Waals surface area contributed by atoms with E-state index in [2.05, 4.69) is 19.9 Å². The van der Waals surface area contributed by atoms with E-state index in [1.54, 1.807) is 13.8 Å². The molecule has 0 aliphatic heterocycles. The molecule has 0 saturated carbocycles. The van der Waals surface area contributed by atoms with Crippen molar-refractivity contribution < 1.29 is 9.53 Å². The molecular weight excluding hydrogens is 256 g/mol. The fourth-order valence-corrected chi connectivity index (χ4v) is 1.58. The molecule has 0 saturated heterocycles. The summed E-state index contributed by atoms with van der Waals surface area (Å²) in [5.41, 5.74) is 1.06. The summed E-state index contributed by atoms with van der Waals surface area (Å²) in [5, 5.41) is 0.389. The summed E-state index contributed by atoms with van der Waals surface area (Å²) in [6.07, 6.45) is 2.99. The van der Waals surface area contributed by atoms with Gasteiger partial charge in [0.15, 0.2) is 0 Å². The highest BCUT2D eigenvalue weighted by Gasteiger charge is 2.14. The van der Waals surface area contributed by atoms with Crippen molar-refractivity contribution in [3.05, 3.63) is 29.1 Å². The number of H-pyrrole nitrogens is 1. The van der Waals surface area contributed by atoms with Crippen molar-refractivity contribution in [3.63, 3.8) is 0 Å². The van der Waals surface area contributed by atoms with E-state index in [4.69, 9.17) is 16.3 Å². The number of carbonyl (C=O) groups excluding carboxylic acids is 1. The minimum absolute atomic E-state index is 0.124. The van der Waals surface area contributed by atoms with Crippen LogP contribution in [-0.2, 0) is 4.74 Å². The minimum atomic E-state index is -0.509. The topological polar surface area (TPSA) is 80.8 Å². The van der Waals surface area contributed by atoms with Crippen LogP contribution in [0.1, 0.15) is 23.4 Å². The van der Waals surface area contributed by atoms with Gasteiger partial charge in [0.25, 0.3) is 0 Å². The number of nitrogens with zero attached hydrogens (tertiary/aromatic N) is 3. The predicted octanol–water partition coefficient (Wildman–Crippen LogP) is 2.01. The summed E-state index contributed by atoms with van der Waals surface area (Å²) < 4.78 is 4.83. The molecule has 0 amide bonds. The molecule has 0 aliphatic rings. The first-order valence-corrected chi connectivity index (χ1v) is 5.71. The van der Waals surface area contributed by atoms with Crippen LogP contribution in [0.5, 0.6) is 0 Å². The van der Waals surface area contributed by atoms with E-state index in [1.165, 1.54) is 12.4 Å². The normalized spacial score (nSPS) is 10.4. The highest BCUT2D eigenvalue weighted by atomic mass is 35.5. The minimum Gasteiger partial charge on any atom is -0.460 e. The maximum atomic E-state index is 11.5. The summed E-state index contributed by atoms with van der Waals surface area (Å²) in [5.74, 6) is 0.200. The quantitative estimate of drug-likeness (QED) is 0.860. The lowest BCUT2D eigenvalue weighted by atomic mass is 10.3. The second kappa shape index (κ2) is 5.14. The van der Waals surface area contributed by atoms with Crippen LogP contribution in [0.3, 0.4) is 0 Å². The highest BCUT2D eigenvalue weighted by Crippen LogP contribution is 2.23. The zero-order valence-electron chi connectivity index (χ0n) is 9.90. The van der Waals surface area contributed by atoms with E-state index in [-0.39, 0.29) is 5.82 Å². The van der Waals surface area contributed by atoms with E-state index in [0.29, 0.717) is 28.8 Å². The second-order valence-corrected chi connectivity index (χ2v) is 3.89. The Balaban J connectivity index is 2.35. The maximum Gasteiger partial charge on any atom is 0.374 e. The van der Waals surface area contributed by atoms with Gasteiger partial charge in [0.05, 0.1) is 23.5 Å². The molecule has 2 rings (SSSR count). The van der Waals surface area contributed by atoms with Gasteiger partial charge in [-0.3, -0.25) is 0 Å². The Hall–Kier alpha value is -1.95. The molecule has 6 nitrogen and oxygen atoms in total. The number of hydrogen-bond acceptors (Lipinski definition) is 5. The van der Waals surface area contributed by atoms with Gasteiger partial charge in [-0.15, -0.1) is 0 Å². The van der Waals surface area contributed by atoms with Crippen LogP contribution in [0.25, 0.3) is 11.4 Å². The van der Waals surface area contributed by atoms with Crippen molar-refractivity contribution in [2.24, 2.45) is 0 Å². The van der Waals surface area contributed by atoms with Crippen LogP contribution >= 0.6 is 11.6 Å². The summed E-state index contributed by atoms with van der Waals surface area (Å²) in [4.78, 5) is 26.4. The largest absolute Gasteiger partial charge is 0.460 e. The second-order valence-electron chi connectivity index (χ2n) is 3.48. The van der Waals surface area contributed by atoms with Gasteiger partial charge in [-0.25, -0.2) is 19.7 Å². The fraction of sp³-hybridized carbons (Fsp3) is 0.273. The van der Waals surface area contributed by atoms with Crippen molar-refractivity contribution in [2.45, 2.75) is 13.8 Å². The molecule has 18 heavy (non-hydrogen) atoms. The zero-order valence-corrected chi connectivity index (χ0v) is 10.7. The van der Waals surface area contributed by atoms with E-state index in [0.717, 1.165) is 0 Å². The Morgan fingerprint density at radius 1 is 1.44 bits per heavy atom. The lowest BCUT2D eigenvalue weighted by Crippen LogP contribution is -2.06. The van der Waals surface area contributed by atoms with Crippen LogP contribution < -0.4 is 0 Å². The van der Waals surface area contributed by atoms with Crippen molar-refractivity contribution in [1.29, 1.82) is 0 Å². The Morgan fingerprint density at radius 3 is 2.94 bits per heavy atom. The SMILES string of the molecule is CCOC(=O)c1ncc(-c2nc(C)ncc2Cl)[nH]1. The first kappa shape index (κ1) is 12.5. The molecule has 2 heterocycles. The number of halogens is 1. The summed E-state index contributed by atoms with van der Waals surface area (Å²) >= 11 is 5.99. The molecule has 2 aromatic heterocycles. The number of ether oxygens (including phenoxy) is 1. The van der Waals surface area contributed by atoms with E-state index >= 15 is 0 Å². The zero-order chi connectivity index (χ0) is 13.1. The van der Waals surface area contributed by atoms with Crippen LogP contribution in [0.15, 0.2) is 12.4 Å². The van der Waals surface area contributed by atoms with Gasteiger partial charge >= 0.3 is 5.97 Å². The fourth-order valence-electron chi connectivity index (χ4n) is 1.39. The Kier molecular flexibility index (Phi) is 3.57. The molecule has 0 spiro atoms. The molecule has 0 bridgehead atoms. The number of aromatic nitrogens is 4. The molecule has 2 aromatic rings. The van der Waals surface area contributed by atoms with Crippen LogP contribution in [0, 0.1) is 6.92 Å². The number of nitrogens with one attached hydrogen (secondary N) is 1. The van der Waals surface area contributed by atoms with Crippen LogP contribution in [-0.4, -0.2) is 32.5 Å². The molecule has 7 heteroatoms. The molecule has 0 aliphatic carbocycles. The number of aryl methyl sites for hydroxylation is 1. The van der Waals surface area contributed by atoms with Gasteiger partial charge < -0.3 is 9.72 Å². The summed E-state index contributed by atoms with van der Waals surface area (Å²) in [7, 11) is 0. The molecular formula is C11H11ClN4O2. The lowest BCUT2D eigenvalue weighted by Gasteiger charge is -2.01. The van der Waals surface area contributed by atoms with Gasteiger partial charge in [0.1, 0.15) is 11.5 Å². The first-order valence-electron chi connectivity index (χ1n) is 5.33.